The number of carbonyl (C=O) groups is 1. The van der Waals surface area contributed by atoms with Gasteiger partial charge in [-0.1, -0.05) is 39.0 Å². The summed E-state index contributed by atoms with van der Waals surface area (Å²) in [7, 11) is 0. The summed E-state index contributed by atoms with van der Waals surface area (Å²) < 4.78 is 0. The molecule has 0 aromatic carbocycles. The molecule has 2 heteroatoms. The van der Waals surface area contributed by atoms with Gasteiger partial charge in [0.15, 0.2) is 0 Å². The molecule has 0 saturated heterocycles. The van der Waals surface area contributed by atoms with Gasteiger partial charge in [-0.3, -0.25) is 4.79 Å². The van der Waals surface area contributed by atoms with Crippen LogP contribution in [0, 0.1) is 23.7 Å². The smallest absolute Gasteiger partial charge is 0.306 e. The van der Waals surface area contributed by atoms with Crippen LogP contribution in [0.4, 0.5) is 0 Å². The molecule has 0 aromatic rings. The molecule has 2 rings (SSSR count). The number of hydrogen-bond donors (Lipinski definition) is 1. The molecule has 3 atom stereocenters. The normalized spacial score (nSPS) is 37.2. The van der Waals surface area contributed by atoms with Gasteiger partial charge in [0, 0.05) is 0 Å². The lowest BCUT2D eigenvalue weighted by atomic mass is 9.67. The molecule has 1 N–H and O–H groups in total. The van der Waals surface area contributed by atoms with E-state index in [9.17, 15) is 4.79 Å². The molecule has 0 aliphatic heterocycles. The first-order chi connectivity index (χ1) is 7.68. The van der Waals surface area contributed by atoms with Crippen LogP contribution >= 0.6 is 0 Å². The Balaban J connectivity index is 1.88. The molecule has 2 nitrogen and oxygen atoms in total. The zero-order chi connectivity index (χ0) is 11.5. The Kier molecular flexibility index (Phi) is 3.88. The molecule has 0 spiro atoms. The van der Waals surface area contributed by atoms with E-state index >= 15 is 0 Å². The van der Waals surface area contributed by atoms with Crippen molar-refractivity contribution in [3.05, 3.63) is 0 Å². The highest BCUT2D eigenvalue weighted by Gasteiger charge is 2.35. The van der Waals surface area contributed by atoms with Gasteiger partial charge >= 0.3 is 5.97 Å². The van der Waals surface area contributed by atoms with Crippen LogP contribution in [0.15, 0.2) is 0 Å². The molecular weight excluding hydrogens is 200 g/mol. The lowest BCUT2D eigenvalue weighted by Crippen LogP contribution is -2.32. The van der Waals surface area contributed by atoms with Crippen LogP contribution in [0.2, 0.25) is 0 Å². The van der Waals surface area contributed by atoms with E-state index in [0.717, 1.165) is 31.1 Å². The predicted molar refractivity (Wildman–Crippen MR) is 64.2 cm³/mol. The van der Waals surface area contributed by atoms with E-state index < -0.39 is 5.97 Å². The second kappa shape index (κ2) is 5.20. The van der Waals surface area contributed by atoms with Crippen molar-refractivity contribution in [1.82, 2.24) is 0 Å². The van der Waals surface area contributed by atoms with Crippen molar-refractivity contribution in [3.8, 4) is 0 Å². The molecule has 0 amide bonds. The quantitative estimate of drug-likeness (QED) is 0.776. The van der Waals surface area contributed by atoms with Gasteiger partial charge in [0.25, 0.3) is 0 Å². The predicted octanol–water partition coefficient (Wildman–Crippen LogP) is 3.70. The maximum atomic E-state index is 11.0. The minimum Gasteiger partial charge on any atom is -0.481 e. The number of rotatable bonds is 2. The molecule has 0 aromatic heterocycles. The van der Waals surface area contributed by atoms with Gasteiger partial charge < -0.3 is 5.11 Å². The Bertz CT molecular complexity index is 243. The van der Waals surface area contributed by atoms with Crippen molar-refractivity contribution in [1.29, 1.82) is 0 Å². The van der Waals surface area contributed by atoms with Crippen molar-refractivity contribution >= 4 is 5.97 Å². The molecule has 2 saturated carbocycles. The standard InChI is InChI=1S/C14H24O2/c1-10-9-12(7-8-13(10)14(15)16)11-5-3-2-4-6-11/h10-13H,2-9H2,1H3,(H,15,16)/t10-,12-,13-/m1/s1. The molecule has 2 aliphatic carbocycles. The summed E-state index contributed by atoms with van der Waals surface area (Å²) in [6, 6.07) is 0. The lowest BCUT2D eigenvalue weighted by molar-refractivity contribution is -0.145. The minimum atomic E-state index is -0.574. The van der Waals surface area contributed by atoms with E-state index in [0.29, 0.717) is 5.92 Å². The zero-order valence-corrected chi connectivity index (χ0v) is 10.3. The summed E-state index contributed by atoms with van der Waals surface area (Å²) in [4.78, 5) is 11.0. The third-order valence-electron chi connectivity index (χ3n) is 4.84. The summed E-state index contributed by atoms with van der Waals surface area (Å²) in [5, 5.41) is 9.11. The van der Waals surface area contributed by atoms with E-state index in [1.807, 2.05) is 0 Å². The van der Waals surface area contributed by atoms with Crippen LogP contribution in [0.1, 0.15) is 58.3 Å². The minimum absolute atomic E-state index is 0.0696. The maximum absolute atomic E-state index is 11.0. The summed E-state index contributed by atoms with van der Waals surface area (Å²) in [6.07, 6.45) is 10.2. The van der Waals surface area contributed by atoms with Gasteiger partial charge in [0.2, 0.25) is 0 Å². The number of hydrogen-bond acceptors (Lipinski definition) is 1. The molecule has 16 heavy (non-hydrogen) atoms. The first-order valence-corrected chi connectivity index (χ1v) is 6.91. The third kappa shape index (κ3) is 2.58. The Hall–Kier alpha value is -0.530. The van der Waals surface area contributed by atoms with E-state index in [2.05, 4.69) is 6.92 Å². The Labute approximate surface area is 98.4 Å². The average molecular weight is 224 g/mol. The van der Waals surface area contributed by atoms with Crippen LogP contribution in [-0.4, -0.2) is 11.1 Å². The Morgan fingerprint density at radius 3 is 2.25 bits per heavy atom. The Morgan fingerprint density at radius 1 is 1.00 bits per heavy atom. The first kappa shape index (κ1) is 11.9. The van der Waals surface area contributed by atoms with Crippen molar-refractivity contribution in [2.45, 2.75) is 58.3 Å². The van der Waals surface area contributed by atoms with Crippen molar-refractivity contribution in [3.63, 3.8) is 0 Å². The fourth-order valence-corrected chi connectivity index (χ4v) is 3.84. The summed E-state index contributed by atoms with van der Waals surface area (Å²) in [5.74, 6) is 1.48. The van der Waals surface area contributed by atoms with Crippen LogP contribution in [0.3, 0.4) is 0 Å². The zero-order valence-electron chi connectivity index (χ0n) is 10.3. The second-order valence-electron chi connectivity index (χ2n) is 5.89. The molecule has 0 radical (unpaired) electrons. The van der Waals surface area contributed by atoms with Gasteiger partial charge in [-0.25, -0.2) is 0 Å². The van der Waals surface area contributed by atoms with E-state index in [-0.39, 0.29) is 5.92 Å². The van der Waals surface area contributed by atoms with Crippen LogP contribution in [0.25, 0.3) is 0 Å². The highest BCUT2D eigenvalue weighted by molar-refractivity contribution is 5.70. The lowest BCUT2D eigenvalue weighted by Gasteiger charge is -2.38. The Morgan fingerprint density at radius 2 is 1.69 bits per heavy atom. The molecular formula is C14H24O2. The number of aliphatic carboxylic acids is 1. The molecule has 0 bridgehead atoms. The summed E-state index contributed by atoms with van der Waals surface area (Å²) in [5.41, 5.74) is 0. The molecule has 2 fully saturated rings. The molecule has 92 valence electrons. The maximum Gasteiger partial charge on any atom is 0.306 e. The van der Waals surface area contributed by atoms with Crippen molar-refractivity contribution in [2.75, 3.05) is 0 Å². The van der Waals surface area contributed by atoms with Crippen molar-refractivity contribution < 1.29 is 9.90 Å². The number of carboxylic acid groups (broad SMARTS) is 1. The molecule has 0 unspecified atom stereocenters. The topological polar surface area (TPSA) is 37.3 Å². The van der Waals surface area contributed by atoms with Gasteiger partial charge in [0.1, 0.15) is 0 Å². The van der Waals surface area contributed by atoms with E-state index in [1.54, 1.807) is 0 Å². The average Bonchev–Trinajstić information content (AvgIpc) is 2.29. The fraction of sp³-hybridized carbons (Fsp3) is 0.929. The first-order valence-electron chi connectivity index (χ1n) is 6.91. The number of carboxylic acids is 1. The molecule has 2 aliphatic rings. The van der Waals surface area contributed by atoms with Gasteiger partial charge in [-0.15, -0.1) is 0 Å². The van der Waals surface area contributed by atoms with Crippen LogP contribution < -0.4 is 0 Å². The monoisotopic (exact) mass is 224 g/mol. The SMILES string of the molecule is C[C@@H]1C[C@H](C2CCCCC2)CC[C@H]1C(=O)O. The second-order valence-corrected chi connectivity index (χ2v) is 5.89. The van der Waals surface area contributed by atoms with E-state index in [4.69, 9.17) is 5.11 Å². The van der Waals surface area contributed by atoms with Crippen LogP contribution in [0.5, 0.6) is 0 Å². The third-order valence-corrected chi connectivity index (χ3v) is 4.84. The highest BCUT2D eigenvalue weighted by atomic mass is 16.4. The van der Waals surface area contributed by atoms with Crippen LogP contribution in [-0.2, 0) is 4.79 Å². The largest absolute Gasteiger partial charge is 0.481 e. The van der Waals surface area contributed by atoms with Gasteiger partial charge in [-0.05, 0) is 37.0 Å². The molecule has 0 heterocycles. The van der Waals surface area contributed by atoms with Gasteiger partial charge in [0.05, 0.1) is 5.92 Å². The summed E-state index contributed by atoms with van der Waals surface area (Å²) in [6.45, 7) is 2.13. The fourth-order valence-electron chi connectivity index (χ4n) is 3.84. The van der Waals surface area contributed by atoms with Gasteiger partial charge in [-0.2, -0.15) is 0 Å². The summed E-state index contributed by atoms with van der Waals surface area (Å²) >= 11 is 0. The highest BCUT2D eigenvalue weighted by Crippen LogP contribution is 2.42. The van der Waals surface area contributed by atoms with E-state index in [1.165, 1.54) is 32.1 Å². The van der Waals surface area contributed by atoms with Crippen molar-refractivity contribution in [2.24, 2.45) is 23.7 Å².